The van der Waals surface area contributed by atoms with Crippen LogP contribution in [0.2, 0.25) is 0 Å². The number of hydrogen-bond donors (Lipinski definition) is 0. The van der Waals surface area contributed by atoms with Gasteiger partial charge in [0.2, 0.25) is 0 Å². The van der Waals surface area contributed by atoms with E-state index in [9.17, 15) is 4.79 Å². The van der Waals surface area contributed by atoms with Crippen LogP contribution in [0.5, 0.6) is 0 Å². The van der Waals surface area contributed by atoms with Gasteiger partial charge in [-0.3, -0.25) is 9.79 Å². The number of aliphatic imine (C=N–C) groups is 1. The molecule has 138 valence electrons. The van der Waals surface area contributed by atoms with E-state index in [2.05, 4.69) is 36.1 Å². The van der Waals surface area contributed by atoms with Crippen molar-refractivity contribution < 1.29 is 4.79 Å². The number of amidine groups is 1. The molecule has 0 saturated carbocycles. The number of carbonyl (C=O) groups excluding carboxylic acids is 1. The fourth-order valence-corrected chi connectivity index (χ4v) is 3.49. The Morgan fingerprint density at radius 1 is 1.00 bits per heavy atom. The molecule has 1 amide bonds. The standard InChI is InChI=1S/C22H23N3OS/c1-15(2)19-11-9-17(10-12-19)13-20-21(26)25(22(23-4)27-20)24-14-18-7-5-16(3)6-8-18/h5-15H,1-4H3. The highest BCUT2D eigenvalue weighted by atomic mass is 32.2. The Balaban J connectivity index is 1.81. The van der Waals surface area contributed by atoms with Gasteiger partial charge < -0.3 is 0 Å². The average Bonchev–Trinajstić information content (AvgIpc) is 2.97. The van der Waals surface area contributed by atoms with Crippen LogP contribution >= 0.6 is 11.8 Å². The van der Waals surface area contributed by atoms with Gasteiger partial charge >= 0.3 is 0 Å². The minimum atomic E-state index is -0.156. The first-order valence-corrected chi connectivity index (χ1v) is 9.71. The first-order valence-electron chi connectivity index (χ1n) is 8.89. The van der Waals surface area contributed by atoms with E-state index in [-0.39, 0.29) is 5.91 Å². The largest absolute Gasteiger partial charge is 0.287 e. The maximum absolute atomic E-state index is 12.8. The number of benzene rings is 2. The number of aryl methyl sites for hydroxylation is 1. The van der Waals surface area contributed by atoms with Crippen molar-refractivity contribution in [3.63, 3.8) is 0 Å². The highest BCUT2D eigenvalue weighted by Crippen LogP contribution is 2.32. The average molecular weight is 378 g/mol. The quantitative estimate of drug-likeness (QED) is 0.552. The molecule has 1 fully saturated rings. The van der Waals surface area contributed by atoms with Gasteiger partial charge in [-0.05, 0) is 47.4 Å². The second kappa shape index (κ2) is 8.35. The van der Waals surface area contributed by atoms with Crippen molar-refractivity contribution >= 4 is 35.1 Å². The van der Waals surface area contributed by atoms with E-state index in [4.69, 9.17) is 0 Å². The summed E-state index contributed by atoms with van der Waals surface area (Å²) in [5, 5.41) is 6.29. The van der Waals surface area contributed by atoms with E-state index in [1.54, 1.807) is 13.3 Å². The van der Waals surface area contributed by atoms with Crippen molar-refractivity contribution in [3.05, 3.63) is 75.7 Å². The monoisotopic (exact) mass is 377 g/mol. The molecule has 0 N–H and O–H groups in total. The molecule has 1 aliphatic heterocycles. The molecule has 1 saturated heterocycles. The third-order valence-electron chi connectivity index (χ3n) is 4.28. The maximum atomic E-state index is 12.8. The van der Waals surface area contributed by atoms with Crippen LogP contribution in [-0.2, 0) is 4.79 Å². The zero-order valence-electron chi connectivity index (χ0n) is 16.0. The molecule has 2 aromatic carbocycles. The summed E-state index contributed by atoms with van der Waals surface area (Å²) in [6.45, 7) is 6.36. The highest BCUT2D eigenvalue weighted by Gasteiger charge is 2.33. The number of carbonyl (C=O) groups is 1. The van der Waals surface area contributed by atoms with Crippen LogP contribution in [0.25, 0.3) is 6.08 Å². The molecular formula is C22H23N3OS. The van der Waals surface area contributed by atoms with E-state index in [0.717, 1.165) is 11.1 Å². The fourth-order valence-electron chi connectivity index (χ4n) is 2.62. The first-order chi connectivity index (χ1) is 13.0. The molecule has 27 heavy (non-hydrogen) atoms. The van der Waals surface area contributed by atoms with Crippen LogP contribution < -0.4 is 0 Å². The molecule has 0 atom stereocenters. The lowest BCUT2D eigenvalue weighted by Crippen LogP contribution is -2.23. The molecule has 3 rings (SSSR count). The maximum Gasteiger partial charge on any atom is 0.287 e. The molecule has 4 nitrogen and oxygen atoms in total. The van der Waals surface area contributed by atoms with Crippen molar-refractivity contribution in [1.29, 1.82) is 0 Å². The molecule has 2 aromatic rings. The summed E-state index contributed by atoms with van der Waals surface area (Å²) in [5.41, 5.74) is 4.40. The van der Waals surface area contributed by atoms with Gasteiger partial charge in [0.15, 0.2) is 5.17 Å². The van der Waals surface area contributed by atoms with Crippen LogP contribution in [0.1, 0.15) is 42.0 Å². The van der Waals surface area contributed by atoms with Crippen molar-refractivity contribution in [3.8, 4) is 0 Å². The smallest absolute Gasteiger partial charge is 0.266 e. The van der Waals surface area contributed by atoms with Crippen molar-refractivity contribution in [2.24, 2.45) is 10.1 Å². The topological polar surface area (TPSA) is 45.0 Å². The second-order valence-corrected chi connectivity index (χ2v) is 7.72. The number of hydrazone groups is 1. The van der Waals surface area contributed by atoms with E-state index in [1.807, 2.05) is 49.4 Å². The summed E-state index contributed by atoms with van der Waals surface area (Å²) in [7, 11) is 1.67. The Kier molecular flexibility index (Phi) is 5.91. The van der Waals surface area contributed by atoms with E-state index in [1.165, 1.54) is 27.9 Å². The lowest BCUT2D eigenvalue weighted by Gasteiger charge is -2.07. The minimum Gasteiger partial charge on any atom is -0.266 e. The fraction of sp³-hybridized carbons (Fsp3) is 0.227. The molecule has 0 bridgehead atoms. The Morgan fingerprint density at radius 3 is 2.22 bits per heavy atom. The first kappa shape index (κ1) is 19.1. The number of hydrogen-bond acceptors (Lipinski definition) is 4. The normalized spacial score (nSPS) is 17.8. The highest BCUT2D eigenvalue weighted by molar-refractivity contribution is 8.18. The summed E-state index contributed by atoms with van der Waals surface area (Å²) < 4.78 is 0. The number of thioether (sulfide) groups is 1. The van der Waals surface area contributed by atoms with Crippen molar-refractivity contribution in [1.82, 2.24) is 5.01 Å². The second-order valence-electron chi connectivity index (χ2n) is 6.71. The zero-order valence-corrected chi connectivity index (χ0v) is 16.8. The van der Waals surface area contributed by atoms with Gasteiger partial charge in [-0.25, -0.2) is 0 Å². The third-order valence-corrected chi connectivity index (χ3v) is 5.33. The number of amides is 1. The van der Waals surface area contributed by atoms with Crippen LogP contribution in [0.3, 0.4) is 0 Å². The van der Waals surface area contributed by atoms with Crippen LogP contribution in [0.4, 0.5) is 0 Å². The predicted octanol–water partition coefficient (Wildman–Crippen LogP) is 5.05. The molecule has 1 heterocycles. The van der Waals surface area contributed by atoms with Gasteiger partial charge in [0.05, 0.1) is 11.1 Å². The summed E-state index contributed by atoms with van der Waals surface area (Å²) in [6.07, 6.45) is 3.58. The molecular weight excluding hydrogens is 354 g/mol. The Hall–Kier alpha value is -2.66. The lowest BCUT2D eigenvalue weighted by molar-refractivity contribution is -0.122. The number of nitrogens with zero attached hydrogens (tertiary/aromatic N) is 3. The van der Waals surface area contributed by atoms with E-state index in [0.29, 0.717) is 16.0 Å². The van der Waals surface area contributed by atoms with Crippen LogP contribution in [-0.4, -0.2) is 29.3 Å². The van der Waals surface area contributed by atoms with Gasteiger partial charge in [0, 0.05) is 7.05 Å². The zero-order chi connectivity index (χ0) is 19.4. The summed E-state index contributed by atoms with van der Waals surface area (Å²) in [4.78, 5) is 17.6. The summed E-state index contributed by atoms with van der Waals surface area (Å²) in [6, 6.07) is 16.3. The SMILES string of the molecule is CN=C1SC(=Cc2ccc(C(C)C)cc2)C(=O)N1N=Cc1ccc(C)cc1. The lowest BCUT2D eigenvalue weighted by atomic mass is 10.0. The summed E-state index contributed by atoms with van der Waals surface area (Å²) >= 11 is 1.34. The summed E-state index contributed by atoms with van der Waals surface area (Å²) in [5.74, 6) is 0.330. The Bertz CT molecular complexity index is 910. The van der Waals surface area contributed by atoms with Crippen molar-refractivity contribution in [2.75, 3.05) is 7.05 Å². The third kappa shape index (κ3) is 4.55. The Morgan fingerprint density at radius 2 is 1.63 bits per heavy atom. The molecule has 0 radical (unpaired) electrons. The van der Waals surface area contributed by atoms with E-state index < -0.39 is 0 Å². The van der Waals surface area contributed by atoms with Gasteiger partial charge in [-0.2, -0.15) is 10.1 Å². The van der Waals surface area contributed by atoms with Gasteiger partial charge in [0.25, 0.3) is 5.91 Å². The van der Waals surface area contributed by atoms with Gasteiger partial charge in [-0.1, -0.05) is 67.9 Å². The molecule has 0 unspecified atom stereocenters. The molecule has 0 aromatic heterocycles. The molecule has 0 spiro atoms. The van der Waals surface area contributed by atoms with Crippen molar-refractivity contribution in [2.45, 2.75) is 26.7 Å². The van der Waals surface area contributed by atoms with Crippen LogP contribution in [0.15, 0.2) is 63.5 Å². The predicted molar refractivity (Wildman–Crippen MR) is 115 cm³/mol. The molecule has 5 heteroatoms. The van der Waals surface area contributed by atoms with Gasteiger partial charge in [-0.15, -0.1) is 0 Å². The molecule has 1 aliphatic rings. The van der Waals surface area contributed by atoms with Crippen LogP contribution in [0, 0.1) is 6.92 Å². The minimum absolute atomic E-state index is 0.156. The van der Waals surface area contributed by atoms with Gasteiger partial charge in [0.1, 0.15) is 0 Å². The van der Waals surface area contributed by atoms with E-state index >= 15 is 0 Å². The number of rotatable bonds is 4. The Labute approximate surface area is 164 Å². The molecule has 0 aliphatic carbocycles.